The molecule has 0 saturated carbocycles. The first-order valence-electron chi connectivity index (χ1n) is 11.4. The van der Waals surface area contributed by atoms with Crippen LogP contribution in [-0.2, 0) is 21.2 Å². The van der Waals surface area contributed by atoms with Crippen molar-refractivity contribution in [1.29, 1.82) is 0 Å². The molecule has 0 spiro atoms. The number of amides is 1. The number of carbonyl (C=O) groups excluding carboxylic acids is 1. The summed E-state index contributed by atoms with van der Waals surface area (Å²) in [5, 5.41) is 3.70. The second-order valence-electron chi connectivity index (χ2n) is 9.02. The Bertz CT molecular complexity index is 1290. The van der Waals surface area contributed by atoms with Crippen LogP contribution in [0.15, 0.2) is 78.0 Å². The van der Waals surface area contributed by atoms with E-state index in [0.717, 1.165) is 12.0 Å². The molecule has 1 aromatic heterocycles. The Balaban J connectivity index is 1.82. The zero-order valence-corrected chi connectivity index (χ0v) is 21.1. The minimum atomic E-state index is -3.91. The molecule has 1 amide bonds. The number of nitrogens with one attached hydrogen (secondary N) is 1. The highest BCUT2D eigenvalue weighted by Crippen LogP contribution is 2.28. The van der Waals surface area contributed by atoms with E-state index in [-0.39, 0.29) is 23.8 Å². The smallest absolute Gasteiger partial charge is 0.407 e. The molecule has 0 radical (unpaired) electrons. The first-order chi connectivity index (χ1) is 16.6. The number of rotatable bonds is 9. The van der Waals surface area contributed by atoms with Gasteiger partial charge in [0.2, 0.25) is 0 Å². The topological polar surface area (TPSA) is 115 Å². The number of fused-ring (bicyclic) bond motifs is 1. The number of benzene rings is 2. The molecule has 186 valence electrons. The third-order valence-corrected chi connectivity index (χ3v) is 6.94. The van der Waals surface area contributed by atoms with Crippen molar-refractivity contribution in [3.8, 4) is 0 Å². The number of sulfonamides is 1. The van der Waals surface area contributed by atoms with Crippen LogP contribution in [0.2, 0.25) is 0 Å². The molecule has 0 fully saturated rings. The fourth-order valence-corrected chi connectivity index (χ4v) is 5.11. The second-order valence-corrected chi connectivity index (χ2v) is 10.9. The van der Waals surface area contributed by atoms with Crippen molar-refractivity contribution in [2.24, 2.45) is 0 Å². The van der Waals surface area contributed by atoms with E-state index >= 15 is 0 Å². The summed E-state index contributed by atoms with van der Waals surface area (Å²) in [6, 6.07) is 16.5. The number of hydrogen-bond acceptors (Lipinski definition) is 6. The molecule has 0 unspecified atom stereocenters. The number of nitrogens with two attached hydrogens (primary N) is 1. The summed E-state index contributed by atoms with van der Waals surface area (Å²) in [7, 11) is -3.91. The predicted octanol–water partition coefficient (Wildman–Crippen LogP) is 4.48. The van der Waals surface area contributed by atoms with Gasteiger partial charge in [-0.3, -0.25) is 4.31 Å². The van der Waals surface area contributed by atoms with Crippen LogP contribution in [0.1, 0.15) is 32.8 Å². The standard InChI is InChI=1S/C26H32N4O4S/c1-26(2,3)34-25(31)29-16-9-19-30(18-8-12-20-10-5-4-6-11-20)35(32,33)23-14-7-13-22-21(23)15-17-28-24(22)27/h4-7,9-11,13-15,17,19H,8,12,16,18H2,1-3H3,(H2,27,28)(H,29,31). The number of hydrogen-bond donors (Lipinski definition) is 2. The van der Waals surface area contributed by atoms with Crippen molar-refractivity contribution in [2.75, 3.05) is 18.8 Å². The number of aryl methyl sites for hydroxylation is 1. The Morgan fingerprint density at radius 2 is 1.83 bits per heavy atom. The van der Waals surface area contributed by atoms with Crippen LogP contribution in [0, 0.1) is 0 Å². The second kappa shape index (κ2) is 11.2. The number of carbonyl (C=O) groups is 1. The highest BCUT2D eigenvalue weighted by atomic mass is 32.2. The Kier molecular flexibility index (Phi) is 8.34. The first-order valence-corrected chi connectivity index (χ1v) is 12.8. The molecule has 0 atom stereocenters. The Labute approximate surface area is 206 Å². The van der Waals surface area contributed by atoms with E-state index in [2.05, 4.69) is 10.3 Å². The van der Waals surface area contributed by atoms with Crippen molar-refractivity contribution >= 4 is 32.7 Å². The van der Waals surface area contributed by atoms with Crippen molar-refractivity contribution in [3.63, 3.8) is 0 Å². The third-order valence-electron chi connectivity index (χ3n) is 5.11. The molecule has 35 heavy (non-hydrogen) atoms. The van der Waals surface area contributed by atoms with Crippen LogP contribution in [0.3, 0.4) is 0 Å². The van der Waals surface area contributed by atoms with Crippen molar-refractivity contribution < 1.29 is 17.9 Å². The molecule has 0 bridgehead atoms. The van der Waals surface area contributed by atoms with Crippen molar-refractivity contribution in [2.45, 2.75) is 44.1 Å². The fraction of sp³-hybridized carbons (Fsp3) is 0.308. The summed E-state index contributed by atoms with van der Waals surface area (Å²) in [6.45, 7) is 5.70. The molecule has 0 aliphatic carbocycles. The molecule has 9 heteroatoms. The summed E-state index contributed by atoms with van der Waals surface area (Å²) >= 11 is 0. The maximum Gasteiger partial charge on any atom is 0.407 e. The van der Waals surface area contributed by atoms with E-state index in [1.165, 1.54) is 16.7 Å². The largest absolute Gasteiger partial charge is 0.444 e. The molecule has 8 nitrogen and oxygen atoms in total. The van der Waals surface area contributed by atoms with Crippen molar-refractivity contribution in [3.05, 3.63) is 78.6 Å². The molecule has 1 heterocycles. The molecule has 3 N–H and O–H groups in total. The molecule has 0 saturated heterocycles. The quantitative estimate of drug-likeness (QED) is 0.451. The molecular formula is C26H32N4O4S. The monoisotopic (exact) mass is 496 g/mol. The van der Waals surface area contributed by atoms with E-state index in [0.29, 0.717) is 17.2 Å². The van der Waals surface area contributed by atoms with Gasteiger partial charge in [-0.15, -0.1) is 0 Å². The predicted molar refractivity (Wildman–Crippen MR) is 138 cm³/mol. The lowest BCUT2D eigenvalue weighted by Gasteiger charge is -2.22. The van der Waals surface area contributed by atoms with Gasteiger partial charge in [0.05, 0.1) is 4.90 Å². The Morgan fingerprint density at radius 3 is 2.54 bits per heavy atom. The lowest BCUT2D eigenvalue weighted by Crippen LogP contribution is -2.33. The van der Waals surface area contributed by atoms with Gasteiger partial charge in [0.15, 0.2) is 0 Å². The van der Waals surface area contributed by atoms with Gasteiger partial charge in [0.25, 0.3) is 10.0 Å². The molecular weight excluding hydrogens is 464 g/mol. The lowest BCUT2D eigenvalue weighted by atomic mass is 10.1. The van der Waals surface area contributed by atoms with Gasteiger partial charge < -0.3 is 15.8 Å². The molecule has 3 rings (SSSR count). The van der Waals surface area contributed by atoms with Crippen LogP contribution >= 0.6 is 0 Å². The van der Waals surface area contributed by atoms with Gasteiger partial charge in [-0.2, -0.15) is 0 Å². The van der Waals surface area contributed by atoms with E-state index < -0.39 is 21.7 Å². The first kappa shape index (κ1) is 26.0. The maximum absolute atomic E-state index is 13.7. The van der Waals surface area contributed by atoms with Gasteiger partial charge in [-0.05, 0) is 57.4 Å². The van der Waals surface area contributed by atoms with Crippen LogP contribution in [0.5, 0.6) is 0 Å². The molecule has 2 aromatic carbocycles. The number of ether oxygens (including phenoxy) is 1. The van der Waals surface area contributed by atoms with Crippen LogP contribution in [-0.4, -0.2) is 42.5 Å². The van der Waals surface area contributed by atoms with Gasteiger partial charge in [-0.1, -0.05) is 42.5 Å². The number of alkyl carbamates (subject to hydrolysis) is 1. The summed E-state index contributed by atoms with van der Waals surface area (Å²) in [6.07, 6.45) is 5.34. The normalized spacial score (nSPS) is 12.1. The minimum Gasteiger partial charge on any atom is -0.444 e. The maximum atomic E-state index is 13.7. The summed E-state index contributed by atoms with van der Waals surface area (Å²) in [5.41, 5.74) is 6.48. The Hall–Kier alpha value is -3.59. The number of nitrogens with zero attached hydrogens (tertiary/aromatic N) is 2. The average molecular weight is 497 g/mol. The summed E-state index contributed by atoms with van der Waals surface area (Å²) < 4.78 is 34.0. The zero-order chi connectivity index (χ0) is 25.5. The third kappa shape index (κ3) is 7.19. The highest BCUT2D eigenvalue weighted by molar-refractivity contribution is 7.89. The summed E-state index contributed by atoms with van der Waals surface area (Å²) in [5.74, 6) is 0.271. The fourth-order valence-electron chi connectivity index (χ4n) is 3.54. The number of nitrogen functional groups attached to an aromatic ring is 1. The van der Waals surface area contributed by atoms with Crippen molar-refractivity contribution in [1.82, 2.24) is 14.6 Å². The molecule has 0 aliphatic rings. The van der Waals surface area contributed by atoms with E-state index in [9.17, 15) is 13.2 Å². The molecule has 3 aromatic rings. The number of aromatic nitrogens is 1. The van der Waals surface area contributed by atoms with Crippen LogP contribution in [0.4, 0.5) is 10.6 Å². The van der Waals surface area contributed by atoms with E-state index in [1.807, 2.05) is 30.3 Å². The van der Waals surface area contributed by atoms with E-state index in [1.54, 1.807) is 51.1 Å². The van der Waals surface area contributed by atoms with E-state index in [4.69, 9.17) is 10.5 Å². The van der Waals surface area contributed by atoms with Gasteiger partial charge in [-0.25, -0.2) is 18.2 Å². The number of anilines is 1. The lowest BCUT2D eigenvalue weighted by molar-refractivity contribution is 0.0534. The Morgan fingerprint density at radius 1 is 1.09 bits per heavy atom. The summed E-state index contributed by atoms with van der Waals surface area (Å²) in [4.78, 5) is 16.1. The average Bonchev–Trinajstić information content (AvgIpc) is 2.80. The zero-order valence-electron chi connectivity index (χ0n) is 20.3. The van der Waals surface area contributed by atoms with Crippen LogP contribution < -0.4 is 11.1 Å². The number of pyridine rings is 1. The van der Waals surface area contributed by atoms with Gasteiger partial charge >= 0.3 is 6.09 Å². The SMILES string of the molecule is CC(C)(C)OC(=O)NCC=CN(CCCc1ccccc1)S(=O)(=O)c1cccc2c(N)nccc12. The molecule has 0 aliphatic heterocycles. The highest BCUT2D eigenvalue weighted by Gasteiger charge is 2.24. The minimum absolute atomic E-state index is 0.117. The van der Waals surface area contributed by atoms with Gasteiger partial charge in [0, 0.05) is 36.3 Å². The van der Waals surface area contributed by atoms with Gasteiger partial charge in [0.1, 0.15) is 11.4 Å². The van der Waals surface area contributed by atoms with Crippen LogP contribution in [0.25, 0.3) is 10.8 Å².